The fourth-order valence-corrected chi connectivity index (χ4v) is 1.76. The molecule has 2 N–H and O–H groups in total. The van der Waals surface area contributed by atoms with E-state index in [-0.39, 0.29) is 11.7 Å². The molecule has 0 saturated heterocycles. The number of thioether (sulfide) groups is 1. The van der Waals surface area contributed by atoms with Gasteiger partial charge in [0.05, 0.1) is 0 Å². The van der Waals surface area contributed by atoms with Crippen molar-refractivity contribution in [3.8, 4) is 5.75 Å². The minimum absolute atomic E-state index is 0.0820. The summed E-state index contributed by atoms with van der Waals surface area (Å²) in [6.07, 6.45) is 3.03. The molecule has 0 fully saturated rings. The van der Waals surface area contributed by atoms with Gasteiger partial charge in [-0.2, -0.15) is 11.8 Å². The number of aromatic hydroxyl groups is 1. The average molecular weight is 253 g/mol. The molecule has 0 radical (unpaired) electrons. The molecule has 17 heavy (non-hydrogen) atoms. The summed E-state index contributed by atoms with van der Waals surface area (Å²) in [6, 6.07) is 4.88. The number of amides is 1. The smallest absolute Gasteiger partial charge is 0.251 e. The van der Waals surface area contributed by atoms with Gasteiger partial charge in [0.15, 0.2) is 0 Å². The number of carbonyl (C=O) groups is 1. The van der Waals surface area contributed by atoms with Gasteiger partial charge < -0.3 is 10.4 Å². The van der Waals surface area contributed by atoms with E-state index in [1.807, 2.05) is 0 Å². The Morgan fingerprint density at radius 1 is 1.53 bits per heavy atom. The fourth-order valence-electron chi connectivity index (χ4n) is 1.41. The molecule has 0 bridgehead atoms. The van der Waals surface area contributed by atoms with Gasteiger partial charge in [0.1, 0.15) is 5.75 Å². The van der Waals surface area contributed by atoms with Crippen LogP contribution in [0.4, 0.5) is 0 Å². The number of hydrogen-bond acceptors (Lipinski definition) is 3. The van der Waals surface area contributed by atoms with E-state index < -0.39 is 0 Å². The third kappa shape index (κ3) is 4.30. The van der Waals surface area contributed by atoms with Crippen LogP contribution >= 0.6 is 11.8 Å². The molecule has 1 aromatic rings. The first-order valence-corrected chi connectivity index (χ1v) is 6.94. The topological polar surface area (TPSA) is 49.3 Å². The number of benzene rings is 1. The predicted octanol–water partition coefficient (Wildman–Crippen LogP) is 2.57. The lowest BCUT2D eigenvalue weighted by molar-refractivity contribution is 0.0953. The highest BCUT2D eigenvalue weighted by Crippen LogP contribution is 2.16. The van der Waals surface area contributed by atoms with Gasteiger partial charge >= 0.3 is 0 Å². The van der Waals surface area contributed by atoms with E-state index >= 15 is 0 Å². The largest absolute Gasteiger partial charge is 0.508 e. The third-order valence-electron chi connectivity index (χ3n) is 2.70. The molecular weight excluding hydrogens is 234 g/mol. The summed E-state index contributed by atoms with van der Waals surface area (Å²) < 4.78 is 0. The minimum atomic E-state index is -0.0820. The molecule has 0 aliphatic carbocycles. The normalized spacial score (nSPS) is 12.2. The monoisotopic (exact) mass is 253 g/mol. The molecule has 0 aliphatic rings. The second kappa shape index (κ2) is 6.55. The van der Waals surface area contributed by atoms with Crippen molar-refractivity contribution >= 4 is 17.7 Å². The minimum Gasteiger partial charge on any atom is -0.508 e. The molecule has 1 unspecified atom stereocenters. The van der Waals surface area contributed by atoms with Crippen LogP contribution in [0.15, 0.2) is 18.2 Å². The summed E-state index contributed by atoms with van der Waals surface area (Å²) in [4.78, 5) is 11.8. The van der Waals surface area contributed by atoms with Crippen LogP contribution in [-0.4, -0.2) is 29.1 Å². The van der Waals surface area contributed by atoms with E-state index in [4.69, 9.17) is 0 Å². The fraction of sp³-hybridized carbons (Fsp3) is 0.462. The van der Waals surface area contributed by atoms with Crippen LogP contribution in [0.2, 0.25) is 0 Å². The van der Waals surface area contributed by atoms with Crippen molar-refractivity contribution in [2.24, 2.45) is 0 Å². The quantitative estimate of drug-likeness (QED) is 0.848. The molecule has 0 aliphatic heterocycles. The Kier molecular flexibility index (Phi) is 5.35. The summed E-state index contributed by atoms with van der Waals surface area (Å²) in [5.74, 6) is 0.138. The van der Waals surface area contributed by atoms with Crippen LogP contribution < -0.4 is 5.32 Å². The van der Waals surface area contributed by atoms with Crippen LogP contribution in [0.3, 0.4) is 0 Å². The lowest BCUT2D eigenvalue weighted by atomic mass is 10.1. The second-order valence-electron chi connectivity index (χ2n) is 4.09. The van der Waals surface area contributed by atoms with E-state index in [9.17, 15) is 9.90 Å². The number of aryl methyl sites for hydroxylation is 1. The first kappa shape index (κ1) is 13.9. The molecular formula is C13H19NO2S. The maximum absolute atomic E-state index is 11.8. The van der Waals surface area contributed by atoms with Crippen molar-refractivity contribution in [1.82, 2.24) is 5.32 Å². The zero-order valence-corrected chi connectivity index (χ0v) is 11.3. The third-order valence-corrected chi connectivity index (χ3v) is 3.74. The number of phenolic OH excluding ortho intramolecular Hbond substituents is 1. The van der Waals surface area contributed by atoms with Gasteiger partial charge in [-0.25, -0.2) is 0 Å². The van der Waals surface area contributed by atoms with Gasteiger partial charge in [-0.3, -0.25) is 4.79 Å². The van der Waals surface area contributed by atoms with Crippen molar-refractivity contribution in [2.45, 2.75) is 25.5 Å². The zero-order chi connectivity index (χ0) is 12.8. The predicted molar refractivity (Wildman–Crippen MR) is 72.8 cm³/mol. The summed E-state index contributed by atoms with van der Waals surface area (Å²) in [7, 11) is 0. The van der Waals surface area contributed by atoms with Crippen molar-refractivity contribution in [3.63, 3.8) is 0 Å². The highest BCUT2D eigenvalue weighted by Gasteiger charge is 2.07. The number of phenols is 1. The summed E-state index contributed by atoms with van der Waals surface area (Å²) in [5.41, 5.74) is 1.31. The number of nitrogens with one attached hydrogen (secondary N) is 1. The molecule has 4 heteroatoms. The van der Waals surface area contributed by atoms with Crippen LogP contribution in [0.1, 0.15) is 29.3 Å². The Hall–Kier alpha value is -1.16. The molecule has 0 saturated carbocycles. The van der Waals surface area contributed by atoms with E-state index in [2.05, 4.69) is 18.5 Å². The molecule has 0 spiro atoms. The summed E-state index contributed by atoms with van der Waals surface area (Å²) in [6.45, 7) is 4.60. The Balaban J connectivity index is 2.50. The van der Waals surface area contributed by atoms with Gasteiger partial charge in [0.25, 0.3) is 5.91 Å². The van der Waals surface area contributed by atoms with Gasteiger partial charge in [-0.15, -0.1) is 0 Å². The maximum Gasteiger partial charge on any atom is 0.251 e. The summed E-state index contributed by atoms with van der Waals surface area (Å²) >= 11 is 1.79. The molecule has 0 heterocycles. The number of rotatable bonds is 5. The Labute approximate surface area is 107 Å². The highest BCUT2D eigenvalue weighted by molar-refractivity contribution is 7.99. The molecule has 1 rings (SSSR count). The first-order valence-electron chi connectivity index (χ1n) is 5.65. The number of carbonyl (C=O) groups excluding carboxylic acids is 1. The molecule has 1 aromatic carbocycles. The first-order chi connectivity index (χ1) is 8.04. The van der Waals surface area contributed by atoms with E-state index in [1.165, 1.54) is 0 Å². The maximum atomic E-state index is 11.8. The van der Waals surface area contributed by atoms with Gasteiger partial charge in [0.2, 0.25) is 0 Å². The lowest BCUT2D eigenvalue weighted by Crippen LogP contribution is -2.26. The summed E-state index contributed by atoms with van der Waals surface area (Å²) in [5, 5.41) is 12.8. The van der Waals surface area contributed by atoms with Crippen LogP contribution in [0.25, 0.3) is 0 Å². The molecule has 0 aromatic heterocycles. The molecule has 3 nitrogen and oxygen atoms in total. The van der Waals surface area contributed by atoms with Crippen molar-refractivity contribution in [1.29, 1.82) is 0 Å². The van der Waals surface area contributed by atoms with Crippen LogP contribution in [-0.2, 0) is 0 Å². The lowest BCUT2D eigenvalue weighted by Gasteiger charge is -2.09. The number of hydrogen-bond donors (Lipinski definition) is 2. The Bertz CT molecular complexity index is 393. The van der Waals surface area contributed by atoms with Gasteiger partial charge in [-0.1, -0.05) is 6.92 Å². The van der Waals surface area contributed by atoms with Gasteiger partial charge in [-0.05, 0) is 43.4 Å². The molecule has 1 amide bonds. The average Bonchev–Trinajstić information content (AvgIpc) is 2.32. The Morgan fingerprint density at radius 2 is 2.24 bits per heavy atom. The van der Waals surface area contributed by atoms with E-state index in [0.717, 1.165) is 12.0 Å². The second-order valence-corrected chi connectivity index (χ2v) is 5.37. The molecule has 1 atom stereocenters. The molecule has 94 valence electrons. The van der Waals surface area contributed by atoms with Gasteiger partial charge in [0, 0.05) is 17.4 Å². The van der Waals surface area contributed by atoms with Crippen molar-refractivity contribution in [3.05, 3.63) is 29.3 Å². The van der Waals surface area contributed by atoms with Crippen molar-refractivity contribution in [2.75, 3.05) is 12.8 Å². The SMILES string of the molecule is CSC(C)CCNC(=O)c1ccc(O)c(C)c1. The highest BCUT2D eigenvalue weighted by atomic mass is 32.2. The van der Waals surface area contributed by atoms with E-state index in [1.54, 1.807) is 36.9 Å². The zero-order valence-electron chi connectivity index (χ0n) is 10.5. The van der Waals surface area contributed by atoms with E-state index in [0.29, 0.717) is 17.4 Å². The van der Waals surface area contributed by atoms with Crippen LogP contribution in [0.5, 0.6) is 5.75 Å². The van der Waals surface area contributed by atoms with Crippen molar-refractivity contribution < 1.29 is 9.90 Å². The van der Waals surface area contributed by atoms with Crippen LogP contribution in [0, 0.1) is 6.92 Å². The standard InChI is InChI=1S/C13H19NO2S/c1-9-8-11(4-5-12(9)15)13(16)14-7-6-10(2)17-3/h4-5,8,10,15H,6-7H2,1-3H3,(H,14,16). The Morgan fingerprint density at radius 3 is 2.82 bits per heavy atom.